The third-order valence-corrected chi connectivity index (χ3v) is 3.20. The normalized spacial score (nSPS) is 12.6. The van der Waals surface area contributed by atoms with Crippen LogP contribution >= 0.6 is 11.6 Å². The molecule has 1 unspecified atom stereocenters. The molecular weight excluding hydrogens is 256 g/mol. The van der Waals surface area contributed by atoms with Crippen molar-refractivity contribution in [2.24, 2.45) is 5.92 Å². The molecule has 0 saturated carbocycles. The SMILES string of the molecule is CC(C)CNC(c1ccc(Cl)cc1)c1cccnc1. The molecule has 100 valence electrons. The Morgan fingerprint density at radius 2 is 1.84 bits per heavy atom. The van der Waals surface area contributed by atoms with Crippen LogP contribution in [0.25, 0.3) is 0 Å². The van der Waals surface area contributed by atoms with Crippen LogP contribution in [0.2, 0.25) is 5.02 Å². The van der Waals surface area contributed by atoms with E-state index in [1.54, 1.807) is 6.20 Å². The molecule has 0 spiro atoms. The van der Waals surface area contributed by atoms with Crippen molar-refractivity contribution in [3.63, 3.8) is 0 Å². The number of halogens is 1. The van der Waals surface area contributed by atoms with Gasteiger partial charge in [-0.2, -0.15) is 0 Å². The quantitative estimate of drug-likeness (QED) is 0.889. The van der Waals surface area contributed by atoms with E-state index < -0.39 is 0 Å². The summed E-state index contributed by atoms with van der Waals surface area (Å²) >= 11 is 5.96. The number of benzene rings is 1. The number of nitrogens with zero attached hydrogens (tertiary/aromatic N) is 1. The minimum absolute atomic E-state index is 0.161. The molecule has 1 aromatic heterocycles. The maximum absolute atomic E-state index is 5.96. The summed E-state index contributed by atoms with van der Waals surface area (Å²) in [5, 5.41) is 4.35. The van der Waals surface area contributed by atoms with Crippen molar-refractivity contribution in [3.8, 4) is 0 Å². The fraction of sp³-hybridized carbons (Fsp3) is 0.312. The molecular formula is C16H19ClN2. The monoisotopic (exact) mass is 274 g/mol. The second kappa shape index (κ2) is 6.69. The first-order chi connectivity index (χ1) is 9.16. The van der Waals surface area contributed by atoms with E-state index in [9.17, 15) is 0 Å². The van der Waals surface area contributed by atoms with E-state index in [0.29, 0.717) is 5.92 Å². The van der Waals surface area contributed by atoms with Gasteiger partial charge in [-0.3, -0.25) is 4.98 Å². The Morgan fingerprint density at radius 3 is 2.42 bits per heavy atom. The van der Waals surface area contributed by atoms with Crippen LogP contribution in [0.4, 0.5) is 0 Å². The van der Waals surface area contributed by atoms with Crippen molar-refractivity contribution in [2.45, 2.75) is 19.9 Å². The summed E-state index contributed by atoms with van der Waals surface area (Å²) in [7, 11) is 0. The summed E-state index contributed by atoms with van der Waals surface area (Å²) in [4.78, 5) is 4.21. The first-order valence-electron chi connectivity index (χ1n) is 6.55. The molecule has 1 N–H and O–H groups in total. The van der Waals surface area contributed by atoms with Gasteiger partial charge in [0.2, 0.25) is 0 Å². The molecule has 0 aliphatic heterocycles. The van der Waals surface area contributed by atoms with Crippen molar-refractivity contribution < 1.29 is 0 Å². The van der Waals surface area contributed by atoms with Crippen LogP contribution in [0, 0.1) is 5.92 Å². The highest BCUT2D eigenvalue weighted by Gasteiger charge is 2.13. The van der Waals surface area contributed by atoms with E-state index in [-0.39, 0.29) is 6.04 Å². The van der Waals surface area contributed by atoms with Crippen molar-refractivity contribution in [1.82, 2.24) is 10.3 Å². The van der Waals surface area contributed by atoms with Gasteiger partial charge in [0.25, 0.3) is 0 Å². The van der Waals surface area contributed by atoms with E-state index in [1.165, 1.54) is 11.1 Å². The number of pyridine rings is 1. The first-order valence-corrected chi connectivity index (χ1v) is 6.93. The second-order valence-corrected chi connectivity index (χ2v) is 5.51. The molecule has 3 heteroatoms. The van der Waals surface area contributed by atoms with Crippen molar-refractivity contribution in [1.29, 1.82) is 0 Å². The van der Waals surface area contributed by atoms with Crippen LogP contribution in [0.1, 0.15) is 31.0 Å². The summed E-state index contributed by atoms with van der Waals surface area (Å²) in [6.07, 6.45) is 3.71. The number of hydrogen-bond acceptors (Lipinski definition) is 2. The summed E-state index contributed by atoms with van der Waals surface area (Å²) in [6, 6.07) is 12.2. The van der Waals surface area contributed by atoms with Crippen LogP contribution in [-0.2, 0) is 0 Å². The topological polar surface area (TPSA) is 24.9 Å². The number of nitrogens with one attached hydrogen (secondary N) is 1. The Morgan fingerprint density at radius 1 is 1.11 bits per heavy atom. The van der Waals surface area contributed by atoms with Crippen LogP contribution in [-0.4, -0.2) is 11.5 Å². The Labute approximate surface area is 119 Å². The molecule has 19 heavy (non-hydrogen) atoms. The molecule has 0 fully saturated rings. The van der Waals surface area contributed by atoms with Gasteiger partial charge < -0.3 is 5.32 Å². The zero-order valence-electron chi connectivity index (χ0n) is 11.3. The number of rotatable bonds is 5. The lowest BCUT2D eigenvalue weighted by molar-refractivity contribution is 0.512. The molecule has 2 aromatic rings. The highest BCUT2D eigenvalue weighted by Crippen LogP contribution is 2.23. The van der Waals surface area contributed by atoms with Gasteiger partial charge in [0, 0.05) is 17.4 Å². The van der Waals surface area contributed by atoms with E-state index in [2.05, 4.69) is 42.3 Å². The minimum Gasteiger partial charge on any atom is -0.306 e. The third-order valence-electron chi connectivity index (χ3n) is 2.95. The first kappa shape index (κ1) is 14.0. The largest absolute Gasteiger partial charge is 0.306 e. The van der Waals surface area contributed by atoms with Crippen molar-refractivity contribution in [2.75, 3.05) is 6.54 Å². The Hall–Kier alpha value is -1.38. The summed E-state index contributed by atoms with van der Waals surface area (Å²) in [5.74, 6) is 0.603. The Kier molecular flexibility index (Phi) is 4.94. The zero-order valence-corrected chi connectivity index (χ0v) is 12.1. The summed E-state index contributed by atoms with van der Waals surface area (Å²) in [5.41, 5.74) is 2.38. The van der Waals surface area contributed by atoms with E-state index in [1.807, 2.05) is 24.4 Å². The fourth-order valence-corrected chi connectivity index (χ4v) is 2.11. The van der Waals surface area contributed by atoms with Gasteiger partial charge in [-0.1, -0.05) is 43.6 Å². The molecule has 0 bridgehead atoms. The molecule has 0 saturated heterocycles. The molecule has 1 heterocycles. The summed E-state index contributed by atoms with van der Waals surface area (Å²) < 4.78 is 0. The van der Waals surface area contributed by atoms with Crippen LogP contribution < -0.4 is 5.32 Å². The van der Waals surface area contributed by atoms with Gasteiger partial charge in [0.1, 0.15) is 0 Å². The van der Waals surface area contributed by atoms with Gasteiger partial charge >= 0.3 is 0 Å². The maximum atomic E-state index is 5.96. The lowest BCUT2D eigenvalue weighted by Crippen LogP contribution is -2.26. The third kappa shape index (κ3) is 4.05. The van der Waals surface area contributed by atoms with E-state index in [4.69, 9.17) is 11.6 Å². The highest BCUT2D eigenvalue weighted by atomic mass is 35.5. The van der Waals surface area contributed by atoms with Crippen LogP contribution in [0.15, 0.2) is 48.8 Å². The maximum Gasteiger partial charge on any atom is 0.0592 e. The predicted molar refractivity (Wildman–Crippen MR) is 80.4 cm³/mol. The second-order valence-electron chi connectivity index (χ2n) is 5.07. The summed E-state index contributed by atoms with van der Waals surface area (Å²) in [6.45, 7) is 5.37. The lowest BCUT2D eigenvalue weighted by Gasteiger charge is -2.20. The lowest BCUT2D eigenvalue weighted by atomic mass is 9.99. The molecule has 0 aliphatic rings. The Balaban J connectivity index is 2.26. The van der Waals surface area contributed by atoms with Gasteiger partial charge in [0.05, 0.1) is 6.04 Å². The average Bonchev–Trinajstić information content (AvgIpc) is 2.42. The van der Waals surface area contributed by atoms with Gasteiger partial charge in [-0.05, 0) is 41.8 Å². The fourth-order valence-electron chi connectivity index (χ4n) is 1.98. The van der Waals surface area contributed by atoms with Gasteiger partial charge in [0.15, 0.2) is 0 Å². The molecule has 1 atom stereocenters. The van der Waals surface area contributed by atoms with Crippen molar-refractivity contribution >= 4 is 11.6 Å². The highest BCUT2D eigenvalue weighted by molar-refractivity contribution is 6.30. The van der Waals surface area contributed by atoms with E-state index in [0.717, 1.165) is 11.6 Å². The van der Waals surface area contributed by atoms with Gasteiger partial charge in [-0.25, -0.2) is 0 Å². The number of hydrogen-bond donors (Lipinski definition) is 1. The molecule has 1 aromatic carbocycles. The standard InChI is InChI=1S/C16H19ClN2/c1-12(2)10-19-16(14-4-3-9-18-11-14)13-5-7-15(17)8-6-13/h3-9,11-12,16,19H,10H2,1-2H3. The number of aromatic nitrogens is 1. The van der Waals surface area contributed by atoms with Crippen LogP contribution in [0.3, 0.4) is 0 Å². The molecule has 0 radical (unpaired) electrons. The van der Waals surface area contributed by atoms with Gasteiger partial charge in [-0.15, -0.1) is 0 Å². The molecule has 2 nitrogen and oxygen atoms in total. The zero-order chi connectivity index (χ0) is 13.7. The Bertz CT molecular complexity index is 494. The van der Waals surface area contributed by atoms with Crippen LogP contribution in [0.5, 0.6) is 0 Å². The molecule has 0 aliphatic carbocycles. The molecule has 2 rings (SSSR count). The molecule has 0 amide bonds. The average molecular weight is 275 g/mol. The van der Waals surface area contributed by atoms with Crippen molar-refractivity contribution in [3.05, 3.63) is 64.9 Å². The smallest absolute Gasteiger partial charge is 0.0592 e. The van der Waals surface area contributed by atoms with E-state index >= 15 is 0 Å². The predicted octanol–water partition coefficient (Wildman–Crippen LogP) is 4.07. The minimum atomic E-state index is 0.161.